The van der Waals surface area contributed by atoms with Crippen LogP contribution in [-0.4, -0.2) is 26.2 Å². The number of anilines is 1. The third kappa shape index (κ3) is 5.71. The molecule has 0 saturated heterocycles. The minimum Gasteiger partial charge on any atom is -0.324 e. The monoisotopic (exact) mass is 476 g/mol. The van der Waals surface area contributed by atoms with E-state index in [2.05, 4.69) is 10.0 Å². The highest BCUT2D eigenvalue weighted by molar-refractivity contribution is 7.89. The highest BCUT2D eigenvalue weighted by Crippen LogP contribution is 2.24. The zero-order valence-electron chi connectivity index (χ0n) is 16.3. The molecule has 0 aromatic heterocycles. The quantitative estimate of drug-likeness (QED) is 0.489. The van der Waals surface area contributed by atoms with Gasteiger partial charge in [0.15, 0.2) is 5.78 Å². The number of halogens is 2. The Labute approximate surface area is 190 Å². The molecule has 0 saturated carbocycles. The Hall–Kier alpha value is -2.71. The molecule has 0 fully saturated rings. The lowest BCUT2D eigenvalue weighted by atomic mass is 10.0. The van der Waals surface area contributed by atoms with Gasteiger partial charge in [0.2, 0.25) is 15.9 Å². The summed E-state index contributed by atoms with van der Waals surface area (Å²) in [5, 5.41) is 3.32. The van der Waals surface area contributed by atoms with Gasteiger partial charge in [0, 0.05) is 21.2 Å². The number of amides is 1. The number of sulfonamides is 1. The van der Waals surface area contributed by atoms with Crippen LogP contribution in [0.2, 0.25) is 10.0 Å². The molecule has 3 aromatic carbocycles. The third-order valence-electron chi connectivity index (χ3n) is 4.37. The second-order valence-corrected chi connectivity index (χ2v) is 9.26. The molecule has 160 valence electrons. The van der Waals surface area contributed by atoms with Crippen molar-refractivity contribution < 1.29 is 18.0 Å². The van der Waals surface area contributed by atoms with Crippen molar-refractivity contribution in [3.05, 3.63) is 94.0 Å². The molecule has 0 heterocycles. The van der Waals surface area contributed by atoms with E-state index in [4.69, 9.17) is 23.2 Å². The average Bonchev–Trinajstić information content (AvgIpc) is 2.75. The fourth-order valence-electron chi connectivity index (χ4n) is 2.77. The minimum absolute atomic E-state index is 0.0250. The Morgan fingerprint density at radius 1 is 0.871 bits per heavy atom. The molecule has 31 heavy (non-hydrogen) atoms. The van der Waals surface area contributed by atoms with Gasteiger partial charge in [-0.1, -0.05) is 53.5 Å². The number of hydrogen-bond donors (Lipinski definition) is 2. The summed E-state index contributed by atoms with van der Waals surface area (Å²) < 4.78 is 27.3. The van der Waals surface area contributed by atoms with Gasteiger partial charge in [-0.05, 0) is 49.4 Å². The molecule has 2 N–H and O–H groups in total. The number of rotatable bonds is 7. The zero-order valence-corrected chi connectivity index (χ0v) is 18.6. The number of benzene rings is 3. The molecule has 3 aromatic rings. The van der Waals surface area contributed by atoms with Crippen molar-refractivity contribution in [1.29, 1.82) is 0 Å². The van der Waals surface area contributed by atoms with E-state index < -0.39 is 22.0 Å². The number of nitrogens with one attached hydrogen (secondary N) is 2. The van der Waals surface area contributed by atoms with Gasteiger partial charge in [-0.15, -0.1) is 0 Å². The number of carbonyl (C=O) groups is 2. The summed E-state index contributed by atoms with van der Waals surface area (Å²) in [5.74, 6) is -0.963. The van der Waals surface area contributed by atoms with Crippen LogP contribution in [0.25, 0.3) is 0 Å². The van der Waals surface area contributed by atoms with Gasteiger partial charge in [0.25, 0.3) is 0 Å². The minimum atomic E-state index is -3.95. The number of carbonyl (C=O) groups excluding carboxylic acids is 2. The van der Waals surface area contributed by atoms with Crippen molar-refractivity contribution in [2.75, 3.05) is 5.32 Å². The first-order valence-corrected chi connectivity index (χ1v) is 11.4. The summed E-state index contributed by atoms with van der Waals surface area (Å²) in [7, 11) is -3.95. The van der Waals surface area contributed by atoms with E-state index >= 15 is 0 Å². The molecule has 0 aliphatic rings. The van der Waals surface area contributed by atoms with E-state index in [1.54, 1.807) is 30.3 Å². The van der Waals surface area contributed by atoms with Gasteiger partial charge in [-0.25, -0.2) is 8.42 Å². The van der Waals surface area contributed by atoms with Crippen molar-refractivity contribution in [2.45, 2.75) is 17.9 Å². The molecule has 0 bridgehead atoms. The summed E-state index contributed by atoms with van der Waals surface area (Å²) in [6.07, 6.45) is 0. The first kappa shape index (κ1) is 23.0. The van der Waals surface area contributed by atoms with Crippen LogP contribution in [0.1, 0.15) is 22.8 Å². The van der Waals surface area contributed by atoms with Crippen LogP contribution >= 0.6 is 23.2 Å². The molecule has 1 amide bonds. The number of ketones is 1. The van der Waals surface area contributed by atoms with Crippen LogP contribution < -0.4 is 10.0 Å². The van der Waals surface area contributed by atoms with Crippen molar-refractivity contribution in [2.24, 2.45) is 0 Å². The molecular weight excluding hydrogens is 459 g/mol. The smallest absolute Gasteiger partial charge is 0.242 e. The van der Waals surface area contributed by atoms with Gasteiger partial charge in [-0.3, -0.25) is 9.59 Å². The Bertz CT molecular complexity index is 1210. The van der Waals surface area contributed by atoms with Gasteiger partial charge >= 0.3 is 0 Å². The molecular formula is C22H18Cl2N2O4S. The normalized spacial score (nSPS) is 12.2. The molecule has 0 aliphatic carbocycles. The summed E-state index contributed by atoms with van der Waals surface area (Å²) >= 11 is 11.8. The van der Waals surface area contributed by atoms with E-state index in [0.717, 1.165) is 0 Å². The Morgan fingerprint density at radius 2 is 1.48 bits per heavy atom. The fourth-order valence-corrected chi connectivity index (χ4v) is 4.27. The molecule has 9 heteroatoms. The van der Waals surface area contributed by atoms with Gasteiger partial charge < -0.3 is 5.32 Å². The lowest BCUT2D eigenvalue weighted by molar-refractivity contribution is -0.117. The van der Waals surface area contributed by atoms with E-state index in [1.165, 1.54) is 49.4 Å². The SMILES string of the molecule is C[C@@H](NS(=O)(=O)c1ccc(Cl)cc1)C(=O)Nc1ccc(Cl)cc1C(=O)c1ccccc1. The van der Waals surface area contributed by atoms with Crippen molar-refractivity contribution in [1.82, 2.24) is 4.72 Å². The fraction of sp³-hybridized carbons (Fsp3) is 0.0909. The second-order valence-electron chi connectivity index (χ2n) is 6.67. The van der Waals surface area contributed by atoms with E-state index in [-0.39, 0.29) is 21.9 Å². The van der Waals surface area contributed by atoms with E-state index in [0.29, 0.717) is 15.6 Å². The average molecular weight is 477 g/mol. The van der Waals surface area contributed by atoms with Crippen LogP contribution in [0.5, 0.6) is 0 Å². The van der Waals surface area contributed by atoms with Crippen LogP contribution in [0.4, 0.5) is 5.69 Å². The predicted octanol–water partition coefficient (Wildman–Crippen LogP) is 4.53. The third-order valence-corrected chi connectivity index (χ3v) is 6.41. The highest BCUT2D eigenvalue weighted by Gasteiger charge is 2.24. The Kier molecular flexibility index (Phi) is 7.12. The number of hydrogen-bond acceptors (Lipinski definition) is 4. The largest absolute Gasteiger partial charge is 0.324 e. The first-order chi connectivity index (χ1) is 14.7. The summed E-state index contributed by atoms with van der Waals surface area (Å²) in [5.41, 5.74) is 0.845. The second kappa shape index (κ2) is 9.62. The van der Waals surface area contributed by atoms with Crippen LogP contribution in [0.15, 0.2) is 77.7 Å². The molecule has 3 rings (SSSR count). The van der Waals surface area contributed by atoms with E-state index in [9.17, 15) is 18.0 Å². The predicted molar refractivity (Wildman–Crippen MR) is 121 cm³/mol. The highest BCUT2D eigenvalue weighted by atomic mass is 35.5. The molecule has 0 spiro atoms. The van der Waals surface area contributed by atoms with Crippen molar-refractivity contribution in [3.8, 4) is 0 Å². The lowest BCUT2D eigenvalue weighted by Gasteiger charge is -2.16. The van der Waals surface area contributed by atoms with Gasteiger partial charge in [0.05, 0.1) is 16.6 Å². The topological polar surface area (TPSA) is 92.3 Å². The molecule has 0 unspecified atom stereocenters. The van der Waals surface area contributed by atoms with Crippen LogP contribution in [-0.2, 0) is 14.8 Å². The maximum absolute atomic E-state index is 12.9. The van der Waals surface area contributed by atoms with Gasteiger partial charge in [-0.2, -0.15) is 4.72 Å². The standard InChI is InChI=1S/C22H18Cl2N2O4S/c1-14(26-31(29,30)18-10-7-16(23)8-11-18)22(28)25-20-12-9-17(24)13-19(20)21(27)15-5-3-2-4-6-15/h2-14,26H,1H3,(H,25,28)/t14-/m1/s1. The zero-order chi connectivity index (χ0) is 22.6. The van der Waals surface area contributed by atoms with Gasteiger partial charge in [0.1, 0.15) is 0 Å². The van der Waals surface area contributed by atoms with E-state index in [1.807, 2.05) is 0 Å². The van der Waals surface area contributed by atoms with Crippen LogP contribution in [0.3, 0.4) is 0 Å². The van der Waals surface area contributed by atoms with Crippen LogP contribution in [0, 0.1) is 0 Å². The Morgan fingerprint density at radius 3 is 2.13 bits per heavy atom. The summed E-state index contributed by atoms with van der Waals surface area (Å²) in [6.45, 7) is 1.40. The molecule has 6 nitrogen and oxygen atoms in total. The van der Waals surface area contributed by atoms with Crippen molar-refractivity contribution in [3.63, 3.8) is 0 Å². The lowest BCUT2D eigenvalue weighted by Crippen LogP contribution is -2.41. The molecule has 0 radical (unpaired) electrons. The maximum Gasteiger partial charge on any atom is 0.242 e. The maximum atomic E-state index is 12.9. The first-order valence-electron chi connectivity index (χ1n) is 9.15. The molecule has 1 atom stereocenters. The summed E-state index contributed by atoms with van der Waals surface area (Å²) in [6, 6.07) is 17.5. The summed E-state index contributed by atoms with van der Waals surface area (Å²) in [4.78, 5) is 25.5. The van der Waals surface area contributed by atoms with Crippen molar-refractivity contribution >= 4 is 50.6 Å². The molecule has 0 aliphatic heterocycles. The Balaban J connectivity index is 1.80.